The molecule has 0 bridgehead atoms. The van der Waals surface area contributed by atoms with E-state index in [4.69, 9.17) is 4.74 Å². The number of benzene rings is 2. The molecule has 3 aromatic rings. The van der Waals surface area contributed by atoms with Gasteiger partial charge in [-0.25, -0.2) is 18.4 Å². The number of ether oxygens (including phenoxy) is 1. The number of rotatable bonds is 6. The minimum absolute atomic E-state index is 0.125. The third kappa shape index (κ3) is 4.82. The van der Waals surface area contributed by atoms with Crippen molar-refractivity contribution >= 4 is 15.8 Å². The molecule has 0 N–H and O–H groups in total. The van der Waals surface area contributed by atoms with Crippen molar-refractivity contribution in [3.63, 3.8) is 0 Å². The zero-order chi connectivity index (χ0) is 21.8. The quantitative estimate of drug-likeness (QED) is 0.549. The summed E-state index contributed by atoms with van der Waals surface area (Å²) in [5, 5.41) is 0. The first-order valence-electron chi connectivity index (χ1n) is 10.4. The van der Waals surface area contributed by atoms with E-state index in [2.05, 4.69) is 9.97 Å². The first-order chi connectivity index (χ1) is 15.0. The number of hydrogen-bond acceptors (Lipinski definition) is 6. The summed E-state index contributed by atoms with van der Waals surface area (Å²) in [5.74, 6) is 0.406. The number of esters is 1. The summed E-state index contributed by atoms with van der Waals surface area (Å²) in [6, 6.07) is 17.1. The van der Waals surface area contributed by atoms with Crippen LogP contribution in [0.25, 0.3) is 11.4 Å². The van der Waals surface area contributed by atoms with Crippen LogP contribution < -0.4 is 0 Å². The molecule has 1 aliphatic heterocycles. The molecule has 0 spiro atoms. The van der Waals surface area contributed by atoms with Gasteiger partial charge in [-0.15, -0.1) is 0 Å². The van der Waals surface area contributed by atoms with E-state index >= 15 is 0 Å². The lowest BCUT2D eigenvalue weighted by atomic mass is 10.0. The molecule has 1 aromatic heterocycles. The van der Waals surface area contributed by atoms with E-state index in [1.54, 1.807) is 6.92 Å². The molecule has 0 amide bonds. The van der Waals surface area contributed by atoms with Crippen molar-refractivity contribution < 1.29 is 17.9 Å². The van der Waals surface area contributed by atoms with Crippen LogP contribution in [0.4, 0.5) is 0 Å². The molecule has 2 aromatic carbocycles. The van der Waals surface area contributed by atoms with Crippen molar-refractivity contribution in [3.05, 3.63) is 77.1 Å². The van der Waals surface area contributed by atoms with Crippen LogP contribution in [0.2, 0.25) is 0 Å². The Morgan fingerprint density at radius 3 is 2.42 bits per heavy atom. The average Bonchev–Trinajstić information content (AvgIpc) is 2.75. The van der Waals surface area contributed by atoms with Crippen LogP contribution in [0.15, 0.2) is 59.5 Å². The Morgan fingerprint density at radius 2 is 1.71 bits per heavy atom. The van der Waals surface area contributed by atoms with Crippen LogP contribution in [-0.2, 0) is 38.6 Å². The lowest BCUT2D eigenvalue weighted by Crippen LogP contribution is -2.21. The van der Waals surface area contributed by atoms with Gasteiger partial charge >= 0.3 is 5.97 Å². The maximum atomic E-state index is 12.8. The topological polar surface area (TPSA) is 86.2 Å². The third-order valence-corrected chi connectivity index (χ3v) is 7.14. The maximum Gasteiger partial charge on any atom is 0.310 e. The molecule has 31 heavy (non-hydrogen) atoms. The number of nitrogens with zero attached hydrogens (tertiary/aromatic N) is 2. The van der Waals surface area contributed by atoms with Crippen molar-refractivity contribution in [2.45, 2.75) is 37.5 Å². The lowest BCUT2D eigenvalue weighted by molar-refractivity contribution is -0.142. The molecule has 0 atom stereocenters. The van der Waals surface area contributed by atoms with Gasteiger partial charge in [0.1, 0.15) is 4.90 Å². The molecule has 0 saturated carbocycles. The Bertz CT molecular complexity index is 1190. The SMILES string of the molecule is CCOC(=O)Cc1ccc(Cc2nc(-c3ccccc3)nc3c2S(=O)(=O)CCC3)cc1. The van der Waals surface area contributed by atoms with Crippen molar-refractivity contribution in [2.75, 3.05) is 12.4 Å². The number of carbonyl (C=O) groups excluding carboxylic acids is 1. The second-order valence-corrected chi connectivity index (χ2v) is 9.58. The summed E-state index contributed by atoms with van der Waals surface area (Å²) in [6.45, 7) is 2.13. The molecule has 0 saturated heterocycles. The predicted octanol–water partition coefficient (Wildman–Crippen LogP) is 3.56. The Morgan fingerprint density at radius 1 is 1.00 bits per heavy atom. The van der Waals surface area contributed by atoms with Crippen molar-refractivity contribution in [2.24, 2.45) is 0 Å². The smallest absolute Gasteiger partial charge is 0.310 e. The van der Waals surface area contributed by atoms with Gasteiger partial charge in [0.05, 0.1) is 30.2 Å². The monoisotopic (exact) mass is 436 g/mol. The Labute approximate surface area is 182 Å². The fourth-order valence-corrected chi connectivity index (χ4v) is 5.50. The molecule has 0 radical (unpaired) electrons. The van der Waals surface area contributed by atoms with Gasteiger partial charge in [0.15, 0.2) is 15.7 Å². The third-order valence-electron chi connectivity index (χ3n) is 5.22. The van der Waals surface area contributed by atoms with Gasteiger partial charge in [-0.2, -0.15) is 0 Å². The van der Waals surface area contributed by atoms with Crippen LogP contribution >= 0.6 is 0 Å². The van der Waals surface area contributed by atoms with Gasteiger partial charge in [0.25, 0.3) is 0 Å². The molecule has 7 heteroatoms. The molecule has 4 rings (SSSR count). The van der Waals surface area contributed by atoms with Crippen molar-refractivity contribution in [3.8, 4) is 11.4 Å². The van der Waals surface area contributed by atoms with Gasteiger partial charge in [-0.3, -0.25) is 4.79 Å². The number of carbonyl (C=O) groups is 1. The van der Waals surface area contributed by atoms with Gasteiger partial charge in [0.2, 0.25) is 0 Å². The van der Waals surface area contributed by atoms with E-state index in [-0.39, 0.29) is 23.0 Å². The van der Waals surface area contributed by atoms with Gasteiger partial charge < -0.3 is 4.74 Å². The van der Waals surface area contributed by atoms with E-state index in [0.717, 1.165) is 16.7 Å². The van der Waals surface area contributed by atoms with E-state index in [9.17, 15) is 13.2 Å². The van der Waals surface area contributed by atoms with Gasteiger partial charge in [-0.1, -0.05) is 54.6 Å². The molecule has 0 aliphatic carbocycles. The summed E-state index contributed by atoms with van der Waals surface area (Å²) < 4.78 is 30.7. The van der Waals surface area contributed by atoms with E-state index in [0.29, 0.717) is 43.1 Å². The van der Waals surface area contributed by atoms with Crippen molar-refractivity contribution in [1.82, 2.24) is 9.97 Å². The maximum absolute atomic E-state index is 12.8. The largest absolute Gasteiger partial charge is 0.466 e. The van der Waals surface area contributed by atoms with Crippen LogP contribution in [0.3, 0.4) is 0 Å². The first-order valence-corrected chi connectivity index (χ1v) is 12.0. The van der Waals surface area contributed by atoms with E-state index < -0.39 is 9.84 Å². The normalized spacial score (nSPS) is 14.6. The highest BCUT2D eigenvalue weighted by Gasteiger charge is 2.30. The second-order valence-electron chi connectivity index (χ2n) is 7.53. The molecule has 2 heterocycles. The Hall–Kier alpha value is -3.06. The number of sulfone groups is 1. The summed E-state index contributed by atoms with van der Waals surface area (Å²) in [7, 11) is -3.41. The first kappa shape index (κ1) is 21.2. The molecular formula is C24H24N2O4S. The minimum atomic E-state index is -3.41. The zero-order valence-corrected chi connectivity index (χ0v) is 18.2. The number of hydrogen-bond donors (Lipinski definition) is 0. The molecular weight excluding hydrogens is 412 g/mol. The van der Waals surface area contributed by atoms with Crippen LogP contribution in [0, 0.1) is 0 Å². The molecule has 0 fully saturated rings. The Balaban J connectivity index is 1.69. The highest BCUT2D eigenvalue weighted by molar-refractivity contribution is 7.91. The number of aromatic nitrogens is 2. The summed E-state index contributed by atoms with van der Waals surface area (Å²) >= 11 is 0. The van der Waals surface area contributed by atoms with Crippen molar-refractivity contribution in [1.29, 1.82) is 0 Å². The highest BCUT2D eigenvalue weighted by atomic mass is 32.2. The molecule has 6 nitrogen and oxygen atoms in total. The van der Waals surface area contributed by atoms with Crippen LogP contribution in [0.5, 0.6) is 0 Å². The number of fused-ring (bicyclic) bond motifs is 1. The summed E-state index contributed by atoms with van der Waals surface area (Å²) in [5.41, 5.74) is 3.77. The Kier molecular flexibility index (Phi) is 6.13. The molecule has 1 aliphatic rings. The van der Waals surface area contributed by atoms with E-state index in [1.165, 1.54) is 0 Å². The standard InChI is InChI=1S/C24H24N2O4S/c1-2-30-22(27)16-18-12-10-17(11-13-18)15-21-23-20(9-6-14-31(23,28)29)25-24(26-21)19-7-4-3-5-8-19/h3-5,7-8,10-13H,2,6,9,14-16H2,1H3. The van der Waals surface area contributed by atoms with Crippen LogP contribution in [-0.4, -0.2) is 36.7 Å². The van der Waals surface area contributed by atoms with Gasteiger partial charge in [-0.05, 0) is 30.9 Å². The average molecular weight is 437 g/mol. The minimum Gasteiger partial charge on any atom is -0.466 e. The summed E-state index contributed by atoms with van der Waals surface area (Å²) in [6.07, 6.45) is 1.79. The predicted molar refractivity (Wildman–Crippen MR) is 117 cm³/mol. The molecule has 0 unspecified atom stereocenters. The van der Waals surface area contributed by atoms with Crippen LogP contribution in [0.1, 0.15) is 35.9 Å². The fourth-order valence-electron chi connectivity index (χ4n) is 3.79. The molecule has 160 valence electrons. The van der Waals surface area contributed by atoms with Gasteiger partial charge in [0, 0.05) is 12.0 Å². The number of aryl methyl sites for hydroxylation is 1. The fraction of sp³-hybridized carbons (Fsp3) is 0.292. The lowest BCUT2D eigenvalue weighted by Gasteiger charge is -2.19. The zero-order valence-electron chi connectivity index (χ0n) is 17.4. The van der Waals surface area contributed by atoms with E-state index in [1.807, 2.05) is 54.6 Å². The highest BCUT2D eigenvalue weighted by Crippen LogP contribution is 2.30. The second kappa shape index (κ2) is 8.98. The summed E-state index contributed by atoms with van der Waals surface area (Å²) in [4.78, 5) is 21.3.